The number of rotatable bonds is 1. The number of nitrogens with two attached hydrogens (primary N) is 1. The molecule has 0 aliphatic rings. The molecule has 70 valence electrons. The summed E-state index contributed by atoms with van der Waals surface area (Å²) in [4.78, 5) is 18.1. The SMILES string of the molecule is Nc1ccnc(-c2cc(=O)cc[nH]2)c1. The Hall–Kier alpha value is -2.10. The molecule has 0 fully saturated rings. The summed E-state index contributed by atoms with van der Waals surface area (Å²) in [5.41, 5.74) is 7.51. The maximum Gasteiger partial charge on any atom is 0.182 e. The van der Waals surface area contributed by atoms with E-state index in [1.165, 1.54) is 12.1 Å². The van der Waals surface area contributed by atoms with Gasteiger partial charge in [-0.15, -0.1) is 0 Å². The van der Waals surface area contributed by atoms with Crippen LogP contribution in [0.5, 0.6) is 0 Å². The van der Waals surface area contributed by atoms with Crippen molar-refractivity contribution in [1.29, 1.82) is 0 Å². The van der Waals surface area contributed by atoms with Crippen LogP contribution in [-0.4, -0.2) is 9.97 Å². The molecule has 2 aromatic heterocycles. The molecule has 0 radical (unpaired) electrons. The molecule has 0 unspecified atom stereocenters. The number of hydrogen-bond acceptors (Lipinski definition) is 3. The van der Waals surface area contributed by atoms with Gasteiger partial charge in [-0.05, 0) is 12.1 Å². The Balaban J connectivity index is 2.55. The van der Waals surface area contributed by atoms with Gasteiger partial charge in [-0.2, -0.15) is 0 Å². The summed E-state index contributed by atoms with van der Waals surface area (Å²) in [5, 5.41) is 0. The highest BCUT2D eigenvalue weighted by Gasteiger charge is 1.99. The molecule has 3 N–H and O–H groups in total. The molecular weight excluding hydrogens is 178 g/mol. The van der Waals surface area contributed by atoms with Crippen molar-refractivity contribution in [1.82, 2.24) is 9.97 Å². The van der Waals surface area contributed by atoms with Gasteiger partial charge in [0.05, 0.1) is 11.4 Å². The highest BCUT2D eigenvalue weighted by molar-refractivity contribution is 5.58. The van der Waals surface area contributed by atoms with Crippen LogP contribution in [0, 0.1) is 0 Å². The molecule has 4 heteroatoms. The summed E-state index contributed by atoms with van der Waals surface area (Å²) in [5.74, 6) is 0. The number of nitrogen functional groups attached to an aromatic ring is 1. The van der Waals surface area contributed by atoms with Crippen molar-refractivity contribution in [2.24, 2.45) is 0 Å². The zero-order valence-electron chi connectivity index (χ0n) is 7.40. The first-order chi connectivity index (χ1) is 6.75. The van der Waals surface area contributed by atoms with Gasteiger partial charge in [0.1, 0.15) is 0 Å². The Morgan fingerprint density at radius 2 is 2.14 bits per heavy atom. The van der Waals surface area contributed by atoms with E-state index in [4.69, 9.17) is 5.73 Å². The molecule has 0 spiro atoms. The highest BCUT2D eigenvalue weighted by Crippen LogP contribution is 2.13. The molecule has 0 aromatic carbocycles. The lowest BCUT2D eigenvalue weighted by Crippen LogP contribution is -1.99. The molecule has 0 atom stereocenters. The lowest BCUT2D eigenvalue weighted by molar-refractivity contribution is 1.24. The minimum absolute atomic E-state index is 0.0528. The maximum atomic E-state index is 11.1. The second kappa shape index (κ2) is 3.33. The Morgan fingerprint density at radius 1 is 1.29 bits per heavy atom. The number of hydrogen-bond donors (Lipinski definition) is 2. The fourth-order valence-electron chi connectivity index (χ4n) is 1.19. The molecule has 0 amide bonds. The van der Waals surface area contributed by atoms with Crippen LogP contribution in [0.3, 0.4) is 0 Å². The quantitative estimate of drug-likeness (QED) is 0.700. The molecule has 2 aromatic rings. The summed E-state index contributed by atoms with van der Waals surface area (Å²) >= 11 is 0. The van der Waals surface area contributed by atoms with Crippen molar-refractivity contribution < 1.29 is 0 Å². The summed E-state index contributed by atoms with van der Waals surface area (Å²) < 4.78 is 0. The van der Waals surface area contributed by atoms with E-state index in [2.05, 4.69) is 9.97 Å². The fraction of sp³-hybridized carbons (Fsp3) is 0. The van der Waals surface area contributed by atoms with Crippen molar-refractivity contribution in [2.75, 3.05) is 5.73 Å². The van der Waals surface area contributed by atoms with Crippen LogP contribution in [0.25, 0.3) is 11.4 Å². The third-order valence-corrected chi connectivity index (χ3v) is 1.83. The standard InChI is InChI=1S/C10H9N3O/c11-7-1-3-12-9(5-7)10-6-8(14)2-4-13-10/h1-6H,(H2,11,12)(H,13,14). The third kappa shape index (κ3) is 1.64. The smallest absolute Gasteiger partial charge is 0.182 e. The first-order valence-corrected chi connectivity index (χ1v) is 4.16. The molecule has 2 rings (SSSR count). The van der Waals surface area contributed by atoms with Gasteiger partial charge in [0.15, 0.2) is 5.43 Å². The van der Waals surface area contributed by atoms with Gasteiger partial charge in [0.2, 0.25) is 0 Å². The number of aromatic nitrogens is 2. The van der Waals surface area contributed by atoms with Gasteiger partial charge in [-0.1, -0.05) is 0 Å². The van der Waals surface area contributed by atoms with Crippen LogP contribution < -0.4 is 11.2 Å². The van der Waals surface area contributed by atoms with Crippen molar-refractivity contribution >= 4 is 5.69 Å². The summed E-state index contributed by atoms with van der Waals surface area (Å²) in [6.45, 7) is 0. The van der Waals surface area contributed by atoms with E-state index < -0.39 is 0 Å². The minimum atomic E-state index is -0.0528. The van der Waals surface area contributed by atoms with Crippen LogP contribution in [0.1, 0.15) is 0 Å². The normalized spacial score (nSPS) is 10.0. The lowest BCUT2D eigenvalue weighted by atomic mass is 10.2. The van der Waals surface area contributed by atoms with Gasteiger partial charge in [0.25, 0.3) is 0 Å². The molecule has 14 heavy (non-hydrogen) atoms. The van der Waals surface area contributed by atoms with Crippen molar-refractivity contribution in [3.05, 3.63) is 46.9 Å². The number of H-pyrrole nitrogens is 1. The number of anilines is 1. The Bertz CT molecular complexity index is 504. The Labute approximate surface area is 80.4 Å². The van der Waals surface area contributed by atoms with Crippen LogP contribution in [0.4, 0.5) is 5.69 Å². The highest BCUT2D eigenvalue weighted by atomic mass is 16.1. The van der Waals surface area contributed by atoms with Crippen LogP contribution in [-0.2, 0) is 0 Å². The molecule has 2 heterocycles. The first kappa shape index (κ1) is 8.50. The molecule has 0 saturated heterocycles. The molecule has 0 aliphatic carbocycles. The molecule has 4 nitrogen and oxygen atoms in total. The maximum absolute atomic E-state index is 11.1. The third-order valence-electron chi connectivity index (χ3n) is 1.83. The first-order valence-electron chi connectivity index (χ1n) is 4.16. The summed E-state index contributed by atoms with van der Waals surface area (Å²) in [6.07, 6.45) is 3.19. The predicted molar refractivity (Wildman–Crippen MR) is 54.7 cm³/mol. The predicted octanol–water partition coefficient (Wildman–Crippen LogP) is 1.02. The van der Waals surface area contributed by atoms with E-state index in [0.29, 0.717) is 17.1 Å². The monoisotopic (exact) mass is 187 g/mol. The molecule has 0 saturated carbocycles. The second-order valence-corrected chi connectivity index (χ2v) is 2.91. The molecule has 0 aliphatic heterocycles. The zero-order chi connectivity index (χ0) is 9.97. The van der Waals surface area contributed by atoms with Crippen molar-refractivity contribution in [2.45, 2.75) is 0 Å². The average molecular weight is 187 g/mol. The minimum Gasteiger partial charge on any atom is -0.399 e. The van der Waals surface area contributed by atoms with Gasteiger partial charge in [0, 0.05) is 30.2 Å². The van der Waals surface area contributed by atoms with Crippen LogP contribution in [0.2, 0.25) is 0 Å². The van der Waals surface area contributed by atoms with Gasteiger partial charge < -0.3 is 10.7 Å². The van der Waals surface area contributed by atoms with E-state index in [1.807, 2.05) is 0 Å². The van der Waals surface area contributed by atoms with Gasteiger partial charge in [-0.25, -0.2) is 0 Å². The molecule has 0 bridgehead atoms. The number of nitrogens with zero attached hydrogens (tertiary/aromatic N) is 1. The Kier molecular flexibility index (Phi) is 2.02. The largest absolute Gasteiger partial charge is 0.399 e. The number of aromatic amines is 1. The number of nitrogens with one attached hydrogen (secondary N) is 1. The van der Waals surface area contributed by atoms with Crippen LogP contribution >= 0.6 is 0 Å². The summed E-state index contributed by atoms with van der Waals surface area (Å²) in [6, 6.07) is 6.35. The van der Waals surface area contributed by atoms with Crippen LogP contribution in [0.15, 0.2) is 41.5 Å². The van der Waals surface area contributed by atoms with E-state index >= 15 is 0 Å². The molecular formula is C10H9N3O. The van der Waals surface area contributed by atoms with Crippen molar-refractivity contribution in [3.8, 4) is 11.4 Å². The van der Waals surface area contributed by atoms with E-state index in [1.54, 1.807) is 24.5 Å². The lowest BCUT2D eigenvalue weighted by Gasteiger charge is -2.00. The Morgan fingerprint density at radius 3 is 2.86 bits per heavy atom. The van der Waals surface area contributed by atoms with E-state index in [-0.39, 0.29) is 5.43 Å². The summed E-state index contributed by atoms with van der Waals surface area (Å²) in [7, 11) is 0. The van der Waals surface area contributed by atoms with E-state index in [9.17, 15) is 4.79 Å². The fourth-order valence-corrected chi connectivity index (χ4v) is 1.19. The second-order valence-electron chi connectivity index (χ2n) is 2.91. The van der Waals surface area contributed by atoms with Gasteiger partial charge >= 0.3 is 0 Å². The zero-order valence-corrected chi connectivity index (χ0v) is 7.40. The van der Waals surface area contributed by atoms with Crippen molar-refractivity contribution in [3.63, 3.8) is 0 Å². The topological polar surface area (TPSA) is 71.8 Å². The average Bonchev–Trinajstić information content (AvgIpc) is 2.18. The van der Waals surface area contributed by atoms with Gasteiger partial charge in [-0.3, -0.25) is 9.78 Å². The van der Waals surface area contributed by atoms with E-state index in [0.717, 1.165) is 0 Å². The number of pyridine rings is 2.